The number of carbonyl (C=O) groups is 1. The lowest BCUT2D eigenvalue weighted by Gasteiger charge is -2.12. The monoisotopic (exact) mass is 343 g/mol. The average Bonchev–Trinajstić information content (AvgIpc) is 2.87. The highest BCUT2D eigenvalue weighted by molar-refractivity contribution is 6.40. The van der Waals surface area contributed by atoms with Crippen LogP contribution < -0.4 is 10.5 Å². The van der Waals surface area contributed by atoms with Gasteiger partial charge in [-0.3, -0.25) is 4.79 Å². The topological polar surface area (TPSA) is 101 Å². The molecule has 1 aromatic carbocycles. The van der Waals surface area contributed by atoms with Crippen LogP contribution in [0.4, 0.5) is 0 Å². The molecule has 2 rings (SSSR count). The van der Waals surface area contributed by atoms with Gasteiger partial charge in [0.15, 0.2) is 5.75 Å². The molecule has 8 heteroatoms. The molecule has 4 N–H and O–H groups in total. The van der Waals surface area contributed by atoms with Crippen LogP contribution in [0.15, 0.2) is 12.1 Å². The number of rotatable bonds is 6. The van der Waals surface area contributed by atoms with Crippen molar-refractivity contribution >= 4 is 29.0 Å². The van der Waals surface area contributed by atoms with Gasteiger partial charge in [0.25, 0.3) is 0 Å². The van der Waals surface area contributed by atoms with Crippen LogP contribution in [0.5, 0.6) is 11.6 Å². The number of benzene rings is 1. The first-order chi connectivity index (χ1) is 10.5. The molecule has 0 amide bonds. The van der Waals surface area contributed by atoms with E-state index in [4.69, 9.17) is 33.7 Å². The molecule has 0 fully saturated rings. The van der Waals surface area contributed by atoms with Crippen LogP contribution in [0, 0.1) is 0 Å². The summed E-state index contributed by atoms with van der Waals surface area (Å²) in [6.45, 7) is 2.33. The van der Waals surface area contributed by atoms with Crippen LogP contribution in [0.25, 0.3) is 0 Å². The van der Waals surface area contributed by atoms with Gasteiger partial charge >= 0.3 is 0 Å². The zero-order chi connectivity index (χ0) is 16.3. The molecule has 2 aromatic rings. The van der Waals surface area contributed by atoms with Gasteiger partial charge in [0.05, 0.1) is 15.7 Å². The Morgan fingerprint density at radius 1 is 1.45 bits per heavy atom. The largest absolute Gasteiger partial charge is 0.493 e. The molecule has 0 unspecified atom stereocenters. The van der Waals surface area contributed by atoms with Crippen molar-refractivity contribution in [2.24, 2.45) is 5.73 Å². The molecule has 0 atom stereocenters. The fourth-order valence-electron chi connectivity index (χ4n) is 2.00. The molecule has 6 nitrogen and oxygen atoms in total. The molecule has 1 aromatic heterocycles. The summed E-state index contributed by atoms with van der Waals surface area (Å²) < 4.78 is 5.38. The molecule has 22 heavy (non-hydrogen) atoms. The zero-order valence-corrected chi connectivity index (χ0v) is 13.3. The van der Waals surface area contributed by atoms with Gasteiger partial charge < -0.3 is 15.6 Å². The Kier molecular flexibility index (Phi) is 5.28. The van der Waals surface area contributed by atoms with Crippen molar-refractivity contribution in [1.29, 1.82) is 0 Å². The molecule has 0 radical (unpaired) electrons. The molecule has 0 spiro atoms. The quantitative estimate of drug-likeness (QED) is 0.699. The molecule has 1 heterocycles. The van der Waals surface area contributed by atoms with E-state index in [-0.39, 0.29) is 46.0 Å². The second kappa shape index (κ2) is 7.00. The molecule has 0 aliphatic carbocycles. The predicted octanol–water partition coefficient (Wildman–Crippen LogP) is 2.55. The van der Waals surface area contributed by atoms with Gasteiger partial charge in [-0.25, -0.2) is 5.10 Å². The molecule has 0 saturated carbocycles. The van der Waals surface area contributed by atoms with E-state index in [0.29, 0.717) is 12.1 Å². The van der Waals surface area contributed by atoms with Gasteiger partial charge in [0, 0.05) is 12.1 Å². The number of aromatic amines is 1. The highest BCUT2D eigenvalue weighted by Crippen LogP contribution is 2.37. The molecule has 118 valence electrons. The smallest absolute Gasteiger partial charge is 0.218 e. The highest BCUT2D eigenvalue weighted by Gasteiger charge is 2.25. The normalized spacial score (nSPS) is 10.7. The summed E-state index contributed by atoms with van der Waals surface area (Å²) in [7, 11) is 0. The number of hydrogen-bond acceptors (Lipinski definition) is 5. The van der Waals surface area contributed by atoms with E-state index in [2.05, 4.69) is 10.2 Å². The number of nitrogens with one attached hydrogen (secondary N) is 1. The summed E-state index contributed by atoms with van der Waals surface area (Å²) in [5.74, 6) is -0.555. The second-order valence-corrected chi connectivity index (χ2v) is 5.24. The number of nitrogens with zero attached hydrogens (tertiary/aromatic N) is 1. The first-order valence-electron chi connectivity index (χ1n) is 6.63. The van der Waals surface area contributed by atoms with Crippen molar-refractivity contribution in [1.82, 2.24) is 10.2 Å². The standard InChI is InChI=1S/C14H15Cl2N3O3/c1-2-9-10(14(21)19-18-9)12(20)7-3-4-8(15)13(11(7)16)22-6-5-17/h3-4H,2,5-6,17H2,1H3,(H2,18,19,21). The number of ether oxygens (including phenoxy) is 1. The SMILES string of the molecule is CCc1n[nH]c(O)c1C(=O)c1ccc(Cl)c(OCCN)c1Cl. The van der Waals surface area contributed by atoms with Gasteiger partial charge in [-0.05, 0) is 18.6 Å². The van der Waals surface area contributed by atoms with Gasteiger partial charge in [0.2, 0.25) is 11.7 Å². The van der Waals surface area contributed by atoms with Crippen molar-refractivity contribution in [3.8, 4) is 11.6 Å². The summed E-state index contributed by atoms with van der Waals surface area (Å²) in [5, 5.41) is 16.4. The molecule has 0 aliphatic heterocycles. The van der Waals surface area contributed by atoms with Gasteiger partial charge in [-0.15, -0.1) is 0 Å². The third-order valence-electron chi connectivity index (χ3n) is 3.04. The lowest BCUT2D eigenvalue weighted by Crippen LogP contribution is -2.12. The van der Waals surface area contributed by atoms with E-state index >= 15 is 0 Å². The summed E-state index contributed by atoms with van der Waals surface area (Å²) in [4.78, 5) is 12.6. The maximum absolute atomic E-state index is 12.6. The Morgan fingerprint density at radius 2 is 2.18 bits per heavy atom. The van der Waals surface area contributed by atoms with E-state index in [1.54, 1.807) is 0 Å². The van der Waals surface area contributed by atoms with E-state index in [1.807, 2.05) is 6.92 Å². The average molecular weight is 344 g/mol. The number of hydrogen-bond donors (Lipinski definition) is 3. The van der Waals surface area contributed by atoms with Crippen molar-refractivity contribution in [2.45, 2.75) is 13.3 Å². The van der Waals surface area contributed by atoms with E-state index in [1.165, 1.54) is 12.1 Å². The number of H-pyrrole nitrogens is 1. The Labute approximate surface area is 137 Å². The van der Waals surface area contributed by atoms with E-state index in [9.17, 15) is 9.90 Å². The number of aromatic hydroxyl groups is 1. The Morgan fingerprint density at radius 3 is 2.82 bits per heavy atom. The Balaban J connectivity index is 2.48. The summed E-state index contributed by atoms with van der Waals surface area (Å²) in [6, 6.07) is 2.99. The number of aryl methyl sites for hydroxylation is 1. The number of ketones is 1. The number of nitrogens with two attached hydrogens (primary N) is 1. The van der Waals surface area contributed by atoms with Crippen molar-refractivity contribution < 1.29 is 14.6 Å². The first kappa shape index (κ1) is 16.6. The minimum atomic E-state index is -0.456. The fraction of sp³-hybridized carbons (Fsp3) is 0.286. The molecular formula is C14H15Cl2N3O3. The minimum absolute atomic E-state index is 0.0774. The second-order valence-electron chi connectivity index (χ2n) is 4.45. The van der Waals surface area contributed by atoms with Crippen molar-refractivity contribution in [3.05, 3.63) is 39.0 Å². The Bertz CT molecular complexity index is 701. The molecular weight excluding hydrogens is 329 g/mol. The van der Waals surface area contributed by atoms with Crippen molar-refractivity contribution in [3.63, 3.8) is 0 Å². The van der Waals surface area contributed by atoms with Crippen LogP contribution in [-0.4, -0.2) is 34.2 Å². The van der Waals surface area contributed by atoms with Crippen LogP contribution in [-0.2, 0) is 6.42 Å². The van der Waals surface area contributed by atoms with Crippen LogP contribution in [0.1, 0.15) is 28.5 Å². The lowest BCUT2D eigenvalue weighted by molar-refractivity contribution is 0.103. The molecule has 0 bridgehead atoms. The first-order valence-corrected chi connectivity index (χ1v) is 7.38. The van der Waals surface area contributed by atoms with Crippen LogP contribution >= 0.6 is 23.2 Å². The van der Waals surface area contributed by atoms with Gasteiger partial charge in [-0.2, -0.15) is 5.10 Å². The predicted molar refractivity (Wildman–Crippen MR) is 84.1 cm³/mol. The molecule has 0 aliphatic rings. The third kappa shape index (κ3) is 3.04. The maximum Gasteiger partial charge on any atom is 0.218 e. The number of halogens is 2. The maximum atomic E-state index is 12.6. The summed E-state index contributed by atoms with van der Waals surface area (Å²) in [5.41, 5.74) is 6.11. The minimum Gasteiger partial charge on any atom is -0.493 e. The van der Waals surface area contributed by atoms with Gasteiger partial charge in [0.1, 0.15) is 12.2 Å². The third-order valence-corrected chi connectivity index (χ3v) is 3.71. The number of carbonyl (C=O) groups excluding carboxylic acids is 1. The van der Waals surface area contributed by atoms with Crippen LogP contribution in [0.3, 0.4) is 0 Å². The summed E-state index contributed by atoms with van der Waals surface area (Å²) in [6.07, 6.45) is 0.486. The van der Waals surface area contributed by atoms with E-state index < -0.39 is 5.78 Å². The van der Waals surface area contributed by atoms with Gasteiger partial charge in [-0.1, -0.05) is 30.1 Å². The lowest BCUT2D eigenvalue weighted by atomic mass is 10.0. The number of aromatic nitrogens is 2. The van der Waals surface area contributed by atoms with Crippen LogP contribution in [0.2, 0.25) is 10.0 Å². The fourth-order valence-corrected chi connectivity index (χ4v) is 2.56. The highest BCUT2D eigenvalue weighted by atomic mass is 35.5. The molecule has 0 saturated heterocycles. The van der Waals surface area contributed by atoms with Crippen molar-refractivity contribution in [2.75, 3.05) is 13.2 Å². The Hall–Kier alpha value is -1.76. The zero-order valence-electron chi connectivity index (χ0n) is 11.8. The summed E-state index contributed by atoms with van der Waals surface area (Å²) >= 11 is 12.3. The van der Waals surface area contributed by atoms with E-state index in [0.717, 1.165) is 0 Å².